The van der Waals surface area contributed by atoms with Gasteiger partial charge in [-0.3, -0.25) is 14.7 Å². The minimum absolute atomic E-state index is 0.00992. The Morgan fingerprint density at radius 3 is 2.45 bits per heavy atom. The molecule has 1 aliphatic carbocycles. The van der Waals surface area contributed by atoms with Crippen LogP contribution >= 0.6 is 0 Å². The quantitative estimate of drug-likeness (QED) is 0.495. The third-order valence-electron chi connectivity index (χ3n) is 8.99. The summed E-state index contributed by atoms with van der Waals surface area (Å²) < 4.78 is 31.6. The molecular formula is C33H36F2N6O3. The van der Waals surface area contributed by atoms with E-state index in [2.05, 4.69) is 51.3 Å². The summed E-state index contributed by atoms with van der Waals surface area (Å²) in [5.41, 5.74) is 5.59. The number of piperidine rings is 1. The molecule has 3 aliphatic heterocycles. The number of likely N-dealkylation sites (tertiary alicyclic amines) is 1. The van der Waals surface area contributed by atoms with Crippen LogP contribution in [-0.4, -0.2) is 104 Å². The van der Waals surface area contributed by atoms with Gasteiger partial charge in [-0.25, -0.2) is 13.8 Å². The highest BCUT2D eigenvalue weighted by Gasteiger charge is 2.34. The first-order chi connectivity index (χ1) is 21.4. The topological polar surface area (TPSA) is 105 Å². The number of amides is 1. The fourth-order valence-electron chi connectivity index (χ4n) is 6.56. The van der Waals surface area contributed by atoms with Crippen molar-refractivity contribution in [3.63, 3.8) is 0 Å². The normalized spacial score (nSPS) is 22.4. The molecule has 2 saturated heterocycles. The van der Waals surface area contributed by atoms with Gasteiger partial charge in [-0.05, 0) is 53.5 Å². The molecule has 230 valence electrons. The average Bonchev–Trinajstić information content (AvgIpc) is 3.50. The monoisotopic (exact) mass is 602 g/mol. The Labute approximate surface area is 255 Å². The minimum atomic E-state index is -2.30. The molecule has 44 heavy (non-hydrogen) atoms. The van der Waals surface area contributed by atoms with Crippen LogP contribution < -0.4 is 9.64 Å². The van der Waals surface area contributed by atoms with Crippen molar-refractivity contribution < 1.29 is 23.4 Å². The molecule has 2 aromatic carbocycles. The molecule has 0 spiro atoms. The van der Waals surface area contributed by atoms with Crippen molar-refractivity contribution in [2.24, 2.45) is 15.9 Å². The molecule has 4 aliphatic rings. The highest BCUT2D eigenvalue weighted by atomic mass is 19.3. The number of alkyl halides is 2. The zero-order chi connectivity index (χ0) is 30.6. The average molecular weight is 603 g/mol. The Morgan fingerprint density at radius 1 is 1.05 bits per heavy atom. The number of carbonyl (C=O) groups is 1. The number of hydrogen-bond donors (Lipinski definition) is 1. The van der Waals surface area contributed by atoms with E-state index < -0.39 is 13.0 Å². The van der Waals surface area contributed by atoms with E-state index in [0.717, 1.165) is 42.0 Å². The van der Waals surface area contributed by atoms with Crippen LogP contribution in [0.3, 0.4) is 0 Å². The summed E-state index contributed by atoms with van der Waals surface area (Å²) in [6, 6.07) is 16.4. The van der Waals surface area contributed by atoms with Crippen molar-refractivity contribution in [1.29, 1.82) is 5.26 Å². The fraction of sp³-hybridized carbons (Fsp3) is 0.455. The van der Waals surface area contributed by atoms with Gasteiger partial charge in [-0.2, -0.15) is 5.26 Å². The van der Waals surface area contributed by atoms with E-state index in [4.69, 9.17) is 9.84 Å². The maximum absolute atomic E-state index is 12.7. The number of benzene rings is 2. The lowest BCUT2D eigenvalue weighted by Gasteiger charge is -2.36. The summed E-state index contributed by atoms with van der Waals surface area (Å²) in [6.45, 7) is 3.10. The molecule has 2 unspecified atom stereocenters. The second-order valence-electron chi connectivity index (χ2n) is 11.7. The summed E-state index contributed by atoms with van der Waals surface area (Å²) in [7, 11) is 0. The van der Waals surface area contributed by atoms with Crippen LogP contribution in [0.2, 0.25) is 0 Å². The predicted octanol–water partition coefficient (Wildman–Crippen LogP) is 3.61. The Hall–Kier alpha value is -4.14. The van der Waals surface area contributed by atoms with Crippen LogP contribution in [0, 0.1) is 17.2 Å². The van der Waals surface area contributed by atoms with Crippen LogP contribution in [0.15, 0.2) is 58.5 Å². The van der Waals surface area contributed by atoms with Crippen LogP contribution in [0.5, 0.6) is 5.75 Å². The van der Waals surface area contributed by atoms with E-state index in [-0.39, 0.29) is 30.5 Å². The summed E-state index contributed by atoms with van der Waals surface area (Å²) in [6.07, 6.45) is 3.50. The zero-order valence-electron chi connectivity index (χ0n) is 24.5. The number of nitriles is 1. The van der Waals surface area contributed by atoms with E-state index in [1.165, 1.54) is 5.57 Å². The molecule has 0 bridgehead atoms. The SMILES string of the molecule is N#Cc1cc(C2=NC=NC3CC(c4ccc(N5CCN(CC(F)F)CC5)cc4)=CC23)ccc1OC1CCN(C(=O)CO)CC1. The number of ether oxygens (including phenoxy) is 1. The number of piperazine rings is 1. The number of hydrogen-bond acceptors (Lipinski definition) is 8. The summed E-state index contributed by atoms with van der Waals surface area (Å²) in [5.74, 6) is 0.231. The molecule has 3 heterocycles. The molecule has 0 radical (unpaired) electrons. The number of rotatable bonds is 8. The number of aliphatic imine (C=N–C) groups is 2. The second kappa shape index (κ2) is 13.2. The minimum Gasteiger partial charge on any atom is -0.489 e. The van der Waals surface area contributed by atoms with E-state index in [0.29, 0.717) is 50.3 Å². The number of anilines is 1. The van der Waals surface area contributed by atoms with E-state index in [9.17, 15) is 18.8 Å². The number of carbonyl (C=O) groups excluding carboxylic acids is 1. The molecule has 1 amide bonds. The van der Waals surface area contributed by atoms with Crippen molar-refractivity contribution >= 4 is 29.2 Å². The molecule has 0 saturated carbocycles. The second-order valence-corrected chi connectivity index (χ2v) is 11.7. The van der Waals surface area contributed by atoms with E-state index in [1.54, 1.807) is 11.2 Å². The van der Waals surface area contributed by atoms with Crippen LogP contribution in [0.4, 0.5) is 14.5 Å². The Bertz CT molecular complexity index is 1490. The van der Waals surface area contributed by atoms with Crippen LogP contribution in [-0.2, 0) is 4.79 Å². The van der Waals surface area contributed by atoms with Gasteiger partial charge < -0.3 is 19.6 Å². The van der Waals surface area contributed by atoms with Crippen molar-refractivity contribution in [2.45, 2.75) is 37.8 Å². The zero-order valence-corrected chi connectivity index (χ0v) is 24.5. The number of nitrogens with zero attached hydrogens (tertiary/aromatic N) is 6. The van der Waals surface area contributed by atoms with Crippen LogP contribution in [0.1, 0.15) is 36.0 Å². The predicted molar refractivity (Wildman–Crippen MR) is 164 cm³/mol. The van der Waals surface area contributed by atoms with Crippen molar-refractivity contribution in [3.8, 4) is 11.8 Å². The maximum Gasteiger partial charge on any atom is 0.251 e. The van der Waals surface area contributed by atoms with Crippen molar-refractivity contribution in [1.82, 2.24) is 9.80 Å². The van der Waals surface area contributed by atoms with E-state index >= 15 is 0 Å². The van der Waals surface area contributed by atoms with Crippen molar-refractivity contribution in [3.05, 3.63) is 65.2 Å². The van der Waals surface area contributed by atoms with Gasteiger partial charge in [0.1, 0.15) is 30.9 Å². The first kappa shape index (κ1) is 29.9. The summed E-state index contributed by atoms with van der Waals surface area (Å²) in [5, 5.41) is 19.0. The molecule has 0 aromatic heterocycles. The Balaban J connectivity index is 1.11. The third kappa shape index (κ3) is 6.51. The molecule has 9 nitrogen and oxygen atoms in total. The molecule has 1 N–H and O–H groups in total. The smallest absolute Gasteiger partial charge is 0.251 e. The number of aliphatic hydroxyl groups excluding tert-OH is 1. The molecule has 2 fully saturated rings. The van der Waals surface area contributed by atoms with Crippen LogP contribution in [0.25, 0.3) is 5.57 Å². The highest BCUT2D eigenvalue weighted by molar-refractivity contribution is 6.09. The summed E-state index contributed by atoms with van der Waals surface area (Å²) >= 11 is 0. The van der Waals surface area contributed by atoms with E-state index in [1.807, 2.05) is 23.1 Å². The highest BCUT2D eigenvalue weighted by Crippen LogP contribution is 2.38. The number of fused-ring (bicyclic) bond motifs is 1. The first-order valence-electron chi connectivity index (χ1n) is 15.2. The van der Waals surface area contributed by atoms with Gasteiger partial charge in [0.2, 0.25) is 5.91 Å². The maximum atomic E-state index is 12.7. The van der Waals surface area contributed by atoms with Gasteiger partial charge in [0.15, 0.2) is 0 Å². The lowest BCUT2D eigenvalue weighted by molar-refractivity contribution is -0.135. The van der Waals surface area contributed by atoms with Gasteiger partial charge in [-0.1, -0.05) is 18.2 Å². The number of halogens is 2. The lowest BCUT2D eigenvalue weighted by atomic mass is 9.91. The third-order valence-corrected chi connectivity index (χ3v) is 8.99. The number of aliphatic hydroxyl groups is 1. The van der Waals surface area contributed by atoms with Gasteiger partial charge in [-0.15, -0.1) is 0 Å². The Morgan fingerprint density at radius 2 is 1.77 bits per heavy atom. The largest absolute Gasteiger partial charge is 0.489 e. The molecular weight excluding hydrogens is 566 g/mol. The molecule has 11 heteroatoms. The molecule has 2 aromatic rings. The standard InChI is InChI=1S/C33H36F2N6O3/c34-31(35)19-39-11-13-40(14-12-39)26-4-1-22(2-5-26)24-16-28-29(17-24)37-21-38-33(28)23-3-6-30(25(15-23)18-36)44-27-7-9-41(10-8-27)32(43)20-42/h1-6,15-16,21,27-29,31,42H,7-14,17,19-20H2. The lowest BCUT2D eigenvalue weighted by Crippen LogP contribution is -2.47. The summed E-state index contributed by atoms with van der Waals surface area (Å²) in [4.78, 5) is 26.7. The molecule has 2 atom stereocenters. The Kier molecular flexibility index (Phi) is 9.00. The molecule has 6 rings (SSSR count). The van der Waals surface area contributed by atoms with Crippen molar-refractivity contribution in [2.75, 3.05) is 57.3 Å². The van der Waals surface area contributed by atoms with Gasteiger partial charge in [0.25, 0.3) is 6.43 Å². The fourth-order valence-corrected chi connectivity index (χ4v) is 6.56. The first-order valence-corrected chi connectivity index (χ1v) is 15.2. The van der Waals surface area contributed by atoms with Gasteiger partial charge in [0, 0.05) is 63.7 Å². The van der Waals surface area contributed by atoms with Gasteiger partial charge in [0.05, 0.1) is 23.9 Å². The van der Waals surface area contributed by atoms with Gasteiger partial charge >= 0.3 is 0 Å².